The second kappa shape index (κ2) is 11.2. The molecule has 2 atom stereocenters. The van der Waals surface area contributed by atoms with Crippen LogP contribution in [0.15, 0.2) is 54.6 Å². The second-order valence-electron chi connectivity index (χ2n) is 8.04. The summed E-state index contributed by atoms with van der Waals surface area (Å²) in [6.07, 6.45) is 1.59. The molecule has 3 rings (SSSR count). The molecule has 1 aliphatic heterocycles. The van der Waals surface area contributed by atoms with Crippen LogP contribution < -0.4 is 16.4 Å². The Hall–Kier alpha value is -3.72. The number of likely N-dealkylation sites (tertiary alicyclic amines) is 1. The van der Waals surface area contributed by atoms with Crippen molar-refractivity contribution in [3.8, 4) is 0 Å². The summed E-state index contributed by atoms with van der Waals surface area (Å²) in [7, 11) is 0. The smallest absolute Gasteiger partial charge is 0.317 e. The van der Waals surface area contributed by atoms with E-state index in [2.05, 4.69) is 10.6 Å². The zero-order valence-electron chi connectivity index (χ0n) is 18.3. The zero-order chi connectivity index (χ0) is 23.8. The Labute approximate surface area is 192 Å². The van der Waals surface area contributed by atoms with Crippen LogP contribution in [-0.4, -0.2) is 58.8 Å². The molecule has 0 aliphatic carbocycles. The Kier molecular flexibility index (Phi) is 8.15. The highest BCUT2D eigenvalue weighted by Crippen LogP contribution is 2.20. The van der Waals surface area contributed by atoms with E-state index in [1.807, 2.05) is 30.3 Å². The number of nitrogens with zero attached hydrogens (tertiary/aromatic N) is 1. The van der Waals surface area contributed by atoms with Gasteiger partial charge in [-0.2, -0.15) is 0 Å². The van der Waals surface area contributed by atoms with Gasteiger partial charge in [0.2, 0.25) is 11.8 Å². The maximum absolute atomic E-state index is 13.3. The van der Waals surface area contributed by atoms with E-state index in [-0.39, 0.29) is 24.2 Å². The highest BCUT2D eigenvalue weighted by molar-refractivity contribution is 5.95. The molecule has 0 radical (unpaired) electrons. The van der Waals surface area contributed by atoms with Gasteiger partial charge in [0, 0.05) is 18.7 Å². The van der Waals surface area contributed by atoms with Gasteiger partial charge in [0.05, 0.1) is 12.6 Å². The molecule has 2 amide bonds. The lowest BCUT2D eigenvalue weighted by atomic mass is 10.0. The van der Waals surface area contributed by atoms with Crippen LogP contribution in [0.5, 0.6) is 0 Å². The summed E-state index contributed by atoms with van der Waals surface area (Å²) in [5, 5.41) is 22.2. The Morgan fingerprint density at radius 1 is 1.09 bits per heavy atom. The number of carboxylic acids is 1. The average molecular weight is 452 g/mol. The van der Waals surface area contributed by atoms with Gasteiger partial charge in [0.15, 0.2) is 0 Å². The number of amides is 2. The monoisotopic (exact) mass is 451 g/mol. The molecule has 33 heavy (non-hydrogen) atoms. The molecule has 0 aromatic heterocycles. The summed E-state index contributed by atoms with van der Waals surface area (Å²) in [6, 6.07) is 15.1. The summed E-state index contributed by atoms with van der Waals surface area (Å²) < 4.78 is 0. The van der Waals surface area contributed by atoms with Crippen LogP contribution >= 0.6 is 0 Å². The molecule has 1 aliphatic rings. The largest absolute Gasteiger partial charge is 0.480 e. The SMILES string of the molecule is N=C(N)c1ccc(CNC(=O)[C@@H]2CCCN2C(=O)[C@@H](Cc2ccccc2)NCC(=O)O)cc1. The molecular weight excluding hydrogens is 422 g/mol. The zero-order valence-corrected chi connectivity index (χ0v) is 18.3. The second-order valence-corrected chi connectivity index (χ2v) is 8.04. The minimum absolute atomic E-state index is 0.0211. The van der Waals surface area contributed by atoms with Crippen LogP contribution in [0, 0.1) is 5.41 Å². The maximum Gasteiger partial charge on any atom is 0.317 e. The number of aliphatic carboxylic acids is 1. The average Bonchev–Trinajstić information content (AvgIpc) is 3.30. The van der Waals surface area contributed by atoms with E-state index in [1.54, 1.807) is 29.2 Å². The van der Waals surface area contributed by atoms with Crippen molar-refractivity contribution in [3.63, 3.8) is 0 Å². The van der Waals surface area contributed by atoms with Crippen LogP contribution in [0.25, 0.3) is 0 Å². The Balaban J connectivity index is 1.65. The number of hydrogen-bond acceptors (Lipinski definition) is 5. The van der Waals surface area contributed by atoms with Crippen molar-refractivity contribution in [2.24, 2.45) is 5.73 Å². The van der Waals surface area contributed by atoms with Crippen molar-refractivity contribution >= 4 is 23.6 Å². The molecule has 174 valence electrons. The number of rotatable bonds is 10. The van der Waals surface area contributed by atoms with Crippen molar-refractivity contribution in [1.29, 1.82) is 5.41 Å². The van der Waals surface area contributed by atoms with Gasteiger partial charge in [-0.3, -0.25) is 25.1 Å². The number of nitrogen functional groups attached to an aromatic ring is 1. The maximum atomic E-state index is 13.3. The van der Waals surface area contributed by atoms with Crippen molar-refractivity contribution in [2.45, 2.75) is 37.9 Å². The fourth-order valence-electron chi connectivity index (χ4n) is 3.92. The van der Waals surface area contributed by atoms with Crippen LogP contribution in [0.1, 0.15) is 29.5 Å². The molecule has 6 N–H and O–H groups in total. The van der Waals surface area contributed by atoms with Gasteiger partial charge in [-0.05, 0) is 30.4 Å². The van der Waals surface area contributed by atoms with Crippen molar-refractivity contribution in [3.05, 3.63) is 71.3 Å². The minimum atomic E-state index is -1.05. The molecule has 0 unspecified atom stereocenters. The lowest BCUT2D eigenvalue weighted by Crippen LogP contribution is -2.53. The first-order valence-corrected chi connectivity index (χ1v) is 10.9. The molecule has 2 aromatic rings. The lowest BCUT2D eigenvalue weighted by molar-refractivity contribution is -0.141. The molecule has 0 spiro atoms. The van der Waals surface area contributed by atoms with E-state index in [9.17, 15) is 14.4 Å². The van der Waals surface area contributed by atoms with Crippen LogP contribution in [0.2, 0.25) is 0 Å². The quantitative estimate of drug-likeness (QED) is 0.267. The highest BCUT2D eigenvalue weighted by atomic mass is 16.4. The van der Waals surface area contributed by atoms with Crippen LogP contribution in [0.4, 0.5) is 0 Å². The summed E-state index contributed by atoms with van der Waals surface area (Å²) in [5.41, 5.74) is 7.83. The van der Waals surface area contributed by atoms with Crippen LogP contribution in [-0.2, 0) is 27.3 Å². The van der Waals surface area contributed by atoms with E-state index in [0.29, 0.717) is 37.9 Å². The number of hydrogen-bond donors (Lipinski definition) is 5. The Morgan fingerprint density at radius 2 is 1.79 bits per heavy atom. The number of nitrogens with two attached hydrogens (primary N) is 1. The highest BCUT2D eigenvalue weighted by Gasteiger charge is 2.37. The molecular formula is C24H29N5O4. The molecule has 0 saturated carbocycles. The van der Waals surface area contributed by atoms with Gasteiger partial charge >= 0.3 is 5.97 Å². The molecule has 1 saturated heterocycles. The Morgan fingerprint density at radius 3 is 2.42 bits per heavy atom. The van der Waals surface area contributed by atoms with Gasteiger partial charge < -0.3 is 21.1 Å². The topological polar surface area (TPSA) is 149 Å². The molecule has 2 aromatic carbocycles. The predicted octanol–water partition coefficient (Wildman–Crippen LogP) is 0.863. The summed E-state index contributed by atoms with van der Waals surface area (Å²) in [6.45, 7) is 0.398. The number of amidine groups is 1. The molecule has 9 nitrogen and oxygen atoms in total. The number of carbonyl (C=O) groups is 3. The standard InChI is InChI=1S/C24H29N5O4/c25-22(26)18-10-8-17(9-11-18)14-28-23(32)20-7-4-12-29(20)24(33)19(27-15-21(30)31)13-16-5-2-1-3-6-16/h1-3,5-6,8-11,19-20,27H,4,7,12-15H2,(H3,25,26)(H,28,32)(H,30,31)/t19-,20+/m1/s1. The molecule has 0 bridgehead atoms. The summed E-state index contributed by atoms with van der Waals surface area (Å²) in [5.74, 6) is -1.59. The van der Waals surface area contributed by atoms with E-state index >= 15 is 0 Å². The van der Waals surface area contributed by atoms with E-state index in [1.165, 1.54) is 0 Å². The van der Waals surface area contributed by atoms with Gasteiger partial charge in [-0.25, -0.2) is 0 Å². The third kappa shape index (κ3) is 6.63. The first-order valence-electron chi connectivity index (χ1n) is 10.9. The number of carbonyl (C=O) groups excluding carboxylic acids is 2. The first kappa shape index (κ1) is 23.9. The normalized spacial score (nSPS) is 16.2. The summed E-state index contributed by atoms with van der Waals surface area (Å²) >= 11 is 0. The first-order chi connectivity index (χ1) is 15.8. The van der Waals surface area contributed by atoms with Crippen LogP contribution in [0.3, 0.4) is 0 Å². The van der Waals surface area contributed by atoms with E-state index in [4.69, 9.17) is 16.2 Å². The Bertz CT molecular complexity index is 994. The fraction of sp³-hybridized carbons (Fsp3) is 0.333. The number of nitrogens with one attached hydrogen (secondary N) is 3. The van der Waals surface area contributed by atoms with Crippen molar-refractivity contribution in [1.82, 2.24) is 15.5 Å². The molecule has 1 heterocycles. The third-order valence-corrected chi connectivity index (χ3v) is 5.65. The predicted molar refractivity (Wildman–Crippen MR) is 124 cm³/mol. The minimum Gasteiger partial charge on any atom is -0.480 e. The van der Waals surface area contributed by atoms with E-state index < -0.39 is 18.1 Å². The molecule has 1 fully saturated rings. The van der Waals surface area contributed by atoms with E-state index in [0.717, 1.165) is 11.1 Å². The lowest BCUT2D eigenvalue weighted by Gasteiger charge is -2.28. The van der Waals surface area contributed by atoms with Gasteiger partial charge in [-0.1, -0.05) is 54.6 Å². The number of benzene rings is 2. The fourth-order valence-corrected chi connectivity index (χ4v) is 3.92. The summed E-state index contributed by atoms with van der Waals surface area (Å²) in [4.78, 5) is 38.8. The third-order valence-electron chi connectivity index (χ3n) is 5.65. The number of carboxylic acid groups (broad SMARTS) is 1. The van der Waals surface area contributed by atoms with Crippen molar-refractivity contribution < 1.29 is 19.5 Å². The van der Waals surface area contributed by atoms with Gasteiger partial charge in [0.1, 0.15) is 11.9 Å². The van der Waals surface area contributed by atoms with Crippen molar-refractivity contribution in [2.75, 3.05) is 13.1 Å². The van der Waals surface area contributed by atoms with Gasteiger partial charge in [-0.15, -0.1) is 0 Å². The van der Waals surface area contributed by atoms with Gasteiger partial charge in [0.25, 0.3) is 0 Å². The molecule has 9 heteroatoms.